The van der Waals surface area contributed by atoms with E-state index in [9.17, 15) is 15.0 Å². The Morgan fingerprint density at radius 3 is 2.50 bits per heavy atom. The fourth-order valence-corrected chi connectivity index (χ4v) is 1.86. The van der Waals surface area contributed by atoms with E-state index in [-0.39, 0.29) is 17.1 Å². The SMILES string of the molecule is CC(OC(=O)C(C#N)=Cc1ccc(O)c(O)c1)Oc1ccccc1. The third-order valence-corrected chi connectivity index (χ3v) is 2.97. The first kappa shape index (κ1) is 16.9. The quantitative estimate of drug-likeness (QED) is 0.288. The van der Waals surface area contributed by atoms with Gasteiger partial charge in [0.05, 0.1) is 0 Å². The summed E-state index contributed by atoms with van der Waals surface area (Å²) in [5, 5.41) is 27.8. The van der Waals surface area contributed by atoms with Crippen LogP contribution in [-0.4, -0.2) is 22.5 Å². The first-order valence-corrected chi connectivity index (χ1v) is 7.06. The summed E-state index contributed by atoms with van der Waals surface area (Å²) in [6, 6.07) is 14.5. The fourth-order valence-electron chi connectivity index (χ4n) is 1.86. The molecule has 24 heavy (non-hydrogen) atoms. The lowest BCUT2D eigenvalue weighted by Crippen LogP contribution is -2.21. The van der Waals surface area contributed by atoms with E-state index >= 15 is 0 Å². The number of para-hydroxylation sites is 1. The standard InChI is InChI=1S/C18H15NO5/c1-12(23-15-5-3-2-4-6-15)24-18(22)14(11-19)9-13-7-8-16(20)17(21)10-13/h2-10,12,20-21H,1H3. The van der Waals surface area contributed by atoms with Crippen LogP contribution in [0.1, 0.15) is 12.5 Å². The summed E-state index contributed by atoms with van der Waals surface area (Å²) < 4.78 is 10.5. The highest BCUT2D eigenvalue weighted by Gasteiger charge is 2.16. The number of benzene rings is 2. The van der Waals surface area contributed by atoms with Crippen molar-refractivity contribution in [2.75, 3.05) is 0 Å². The van der Waals surface area contributed by atoms with Crippen molar-refractivity contribution in [3.05, 3.63) is 59.7 Å². The summed E-state index contributed by atoms with van der Waals surface area (Å²) in [6.07, 6.45) is 0.362. The fraction of sp³-hybridized carbons (Fsp3) is 0.111. The normalized spacial score (nSPS) is 12.1. The van der Waals surface area contributed by atoms with E-state index in [4.69, 9.17) is 14.7 Å². The number of aromatic hydroxyl groups is 2. The van der Waals surface area contributed by atoms with E-state index in [0.717, 1.165) is 0 Å². The van der Waals surface area contributed by atoms with Crippen molar-refractivity contribution in [3.8, 4) is 23.3 Å². The van der Waals surface area contributed by atoms with Gasteiger partial charge in [0.1, 0.15) is 17.4 Å². The molecule has 1 atom stereocenters. The zero-order valence-electron chi connectivity index (χ0n) is 12.8. The van der Waals surface area contributed by atoms with Gasteiger partial charge in [-0.1, -0.05) is 24.3 Å². The Bertz CT molecular complexity index is 793. The molecule has 0 radical (unpaired) electrons. The molecule has 0 spiro atoms. The summed E-state index contributed by atoms with van der Waals surface area (Å²) in [5.41, 5.74) is 0.110. The zero-order chi connectivity index (χ0) is 17.5. The van der Waals surface area contributed by atoms with Crippen LogP contribution in [0.25, 0.3) is 6.08 Å². The van der Waals surface area contributed by atoms with Crippen LogP contribution in [0.5, 0.6) is 17.2 Å². The Morgan fingerprint density at radius 2 is 1.88 bits per heavy atom. The van der Waals surface area contributed by atoms with Crippen LogP contribution < -0.4 is 4.74 Å². The first-order valence-electron chi connectivity index (χ1n) is 7.06. The minimum Gasteiger partial charge on any atom is -0.504 e. The molecule has 0 heterocycles. The Kier molecular flexibility index (Phi) is 5.42. The average molecular weight is 325 g/mol. The van der Waals surface area contributed by atoms with Crippen molar-refractivity contribution in [2.24, 2.45) is 0 Å². The van der Waals surface area contributed by atoms with Gasteiger partial charge in [0.15, 0.2) is 11.5 Å². The predicted molar refractivity (Wildman–Crippen MR) is 86.0 cm³/mol. The van der Waals surface area contributed by atoms with E-state index in [1.807, 2.05) is 6.07 Å². The van der Waals surface area contributed by atoms with E-state index in [1.54, 1.807) is 30.3 Å². The van der Waals surface area contributed by atoms with Crippen molar-refractivity contribution >= 4 is 12.0 Å². The molecular weight excluding hydrogens is 310 g/mol. The second-order valence-electron chi connectivity index (χ2n) is 4.82. The van der Waals surface area contributed by atoms with E-state index in [1.165, 1.54) is 31.2 Å². The van der Waals surface area contributed by atoms with Crippen molar-refractivity contribution in [1.82, 2.24) is 0 Å². The van der Waals surface area contributed by atoms with Gasteiger partial charge in [-0.3, -0.25) is 0 Å². The molecule has 0 saturated carbocycles. The van der Waals surface area contributed by atoms with Gasteiger partial charge in [-0.2, -0.15) is 5.26 Å². The van der Waals surface area contributed by atoms with Crippen LogP contribution in [-0.2, 0) is 9.53 Å². The minimum absolute atomic E-state index is 0.261. The molecule has 0 amide bonds. The van der Waals surface area contributed by atoms with Crippen molar-refractivity contribution in [3.63, 3.8) is 0 Å². The van der Waals surface area contributed by atoms with Crippen LogP contribution in [0, 0.1) is 11.3 Å². The number of phenols is 2. The number of hydrogen-bond acceptors (Lipinski definition) is 6. The second kappa shape index (κ2) is 7.70. The van der Waals surface area contributed by atoms with Crippen molar-refractivity contribution in [1.29, 1.82) is 5.26 Å². The maximum atomic E-state index is 12.0. The molecule has 2 aromatic carbocycles. The van der Waals surface area contributed by atoms with Gasteiger partial charge in [0, 0.05) is 6.92 Å². The smallest absolute Gasteiger partial charge is 0.351 e. The van der Waals surface area contributed by atoms with Crippen LogP contribution >= 0.6 is 0 Å². The number of phenolic OH excluding ortho intramolecular Hbond substituents is 2. The van der Waals surface area contributed by atoms with E-state index in [2.05, 4.69) is 0 Å². The van der Waals surface area contributed by atoms with Gasteiger partial charge in [0.2, 0.25) is 6.29 Å². The number of hydrogen-bond donors (Lipinski definition) is 2. The third kappa shape index (κ3) is 4.52. The molecule has 0 aliphatic heterocycles. The largest absolute Gasteiger partial charge is 0.504 e. The number of carbonyl (C=O) groups is 1. The Labute approximate surface area is 138 Å². The summed E-state index contributed by atoms with van der Waals surface area (Å²) in [5.74, 6) is -0.967. The molecule has 6 nitrogen and oxygen atoms in total. The molecule has 122 valence electrons. The number of ether oxygens (including phenoxy) is 2. The lowest BCUT2D eigenvalue weighted by molar-refractivity contribution is -0.155. The summed E-state index contributed by atoms with van der Waals surface area (Å²) in [4.78, 5) is 12.0. The lowest BCUT2D eigenvalue weighted by atomic mass is 10.1. The summed E-state index contributed by atoms with van der Waals surface area (Å²) in [7, 11) is 0. The predicted octanol–water partition coefficient (Wildman–Crippen LogP) is 2.97. The van der Waals surface area contributed by atoms with Gasteiger partial charge in [0.25, 0.3) is 0 Å². The molecule has 2 N–H and O–H groups in total. The molecule has 2 aromatic rings. The van der Waals surface area contributed by atoms with Crippen LogP contribution in [0.15, 0.2) is 54.1 Å². The number of rotatable bonds is 5. The van der Waals surface area contributed by atoms with E-state index in [0.29, 0.717) is 11.3 Å². The molecule has 0 bridgehead atoms. The zero-order valence-corrected chi connectivity index (χ0v) is 12.8. The highest BCUT2D eigenvalue weighted by atomic mass is 16.7. The number of esters is 1. The third-order valence-electron chi connectivity index (χ3n) is 2.97. The van der Waals surface area contributed by atoms with Crippen molar-refractivity contribution < 1.29 is 24.5 Å². The number of nitriles is 1. The van der Waals surface area contributed by atoms with Crippen molar-refractivity contribution in [2.45, 2.75) is 13.2 Å². The maximum absolute atomic E-state index is 12.0. The Hall–Kier alpha value is -3.46. The molecule has 6 heteroatoms. The van der Waals surface area contributed by atoms with Crippen LogP contribution in [0.2, 0.25) is 0 Å². The summed E-state index contributed by atoms with van der Waals surface area (Å²) in [6.45, 7) is 1.53. The number of carbonyl (C=O) groups excluding carboxylic acids is 1. The average Bonchev–Trinajstić information content (AvgIpc) is 2.56. The second-order valence-corrected chi connectivity index (χ2v) is 4.82. The topological polar surface area (TPSA) is 99.8 Å². The molecule has 0 aliphatic carbocycles. The summed E-state index contributed by atoms with van der Waals surface area (Å²) >= 11 is 0. The van der Waals surface area contributed by atoms with E-state index < -0.39 is 12.3 Å². The maximum Gasteiger partial charge on any atom is 0.351 e. The molecular formula is C18H15NO5. The van der Waals surface area contributed by atoms with Crippen LogP contribution in [0.4, 0.5) is 0 Å². The van der Waals surface area contributed by atoms with Gasteiger partial charge < -0.3 is 19.7 Å². The Morgan fingerprint density at radius 1 is 1.17 bits per heavy atom. The van der Waals surface area contributed by atoms with Crippen LogP contribution in [0.3, 0.4) is 0 Å². The Balaban J connectivity index is 2.07. The molecule has 0 fully saturated rings. The molecule has 1 unspecified atom stereocenters. The van der Waals surface area contributed by atoms with Gasteiger partial charge in [-0.15, -0.1) is 0 Å². The number of nitrogens with zero attached hydrogens (tertiary/aromatic N) is 1. The first-order chi connectivity index (χ1) is 11.5. The van der Waals surface area contributed by atoms with Gasteiger partial charge in [-0.05, 0) is 35.9 Å². The molecule has 0 saturated heterocycles. The monoisotopic (exact) mass is 325 g/mol. The van der Waals surface area contributed by atoms with Gasteiger partial charge >= 0.3 is 5.97 Å². The lowest BCUT2D eigenvalue weighted by Gasteiger charge is -2.14. The highest BCUT2D eigenvalue weighted by molar-refractivity contribution is 5.98. The minimum atomic E-state index is -0.884. The molecule has 2 rings (SSSR count). The molecule has 0 aromatic heterocycles. The van der Waals surface area contributed by atoms with Gasteiger partial charge in [-0.25, -0.2) is 4.79 Å². The molecule has 0 aliphatic rings. The highest BCUT2D eigenvalue weighted by Crippen LogP contribution is 2.26.